The van der Waals surface area contributed by atoms with Crippen LogP contribution in [0.3, 0.4) is 0 Å². The van der Waals surface area contributed by atoms with Crippen molar-refractivity contribution in [2.24, 2.45) is 4.99 Å². The highest BCUT2D eigenvalue weighted by molar-refractivity contribution is 5.94. The molecule has 1 aromatic rings. The highest BCUT2D eigenvalue weighted by Gasteiger charge is 2.07. The zero-order chi connectivity index (χ0) is 17.8. The minimum atomic E-state index is -0.0714. The molecule has 1 amide bonds. The lowest BCUT2D eigenvalue weighted by atomic mass is 10.1. The van der Waals surface area contributed by atoms with E-state index in [0.717, 1.165) is 30.9 Å². The van der Waals surface area contributed by atoms with Gasteiger partial charge in [0.2, 0.25) is 0 Å². The van der Waals surface area contributed by atoms with E-state index >= 15 is 0 Å². The van der Waals surface area contributed by atoms with Gasteiger partial charge in [-0.25, -0.2) is 0 Å². The molecule has 0 saturated heterocycles. The van der Waals surface area contributed by atoms with Crippen LogP contribution in [0, 0.1) is 0 Å². The lowest BCUT2D eigenvalue weighted by Crippen LogP contribution is -2.39. The van der Waals surface area contributed by atoms with Gasteiger partial charge in [0.25, 0.3) is 5.91 Å². The Balaban J connectivity index is 2.48. The van der Waals surface area contributed by atoms with Crippen molar-refractivity contribution in [2.45, 2.75) is 32.2 Å². The first-order valence-corrected chi connectivity index (χ1v) is 8.46. The summed E-state index contributed by atoms with van der Waals surface area (Å²) in [6.07, 6.45) is 6.57. The van der Waals surface area contributed by atoms with Gasteiger partial charge >= 0.3 is 0 Å². The fourth-order valence-electron chi connectivity index (χ4n) is 2.45. The largest absolute Gasteiger partial charge is 0.355 e. The first kappa shape index (κ1) is 19.7. The molecule has 0 unspecified atom stereocenters. The molecule has 0 heterocycles. The Hall–Kier alpha value is -2.30. The van der Waals surface area contributed by atoms with E-state index in [4.69, 9.17) is 0 Å². The zero-order valence-electron chi connectivity index (χ0n) is 15.1. The third kappa shape index (κ3) is 6.86. The number of guanidine groups is 1. The summed E-state index contributed by atoms with van der Waals surface area (Å²) >= 11 is 0. The average Bonchev–Trinajstić information content (AvgIpc) is 2.61. The minimum Gasteiger partial charge on any atom is -0.355 e. The van der Waals surface area contributed by atoms with E-state index in [1.54, 1.807) is 14.1 Å². The third-order valence-corrected chi connectivity index (χ3v) is 3.84. The summed E-state index contributed by atoms with van der Waals surface area (Å²) in [4.78, 5) is 18.2. The molecule has 0 saturated carbocycles. The maximum atomic E-state index is 11.7. The summed E-state index contributed by atoms with van der Waals surface area (Å²) in [5.41, 5.74) is 1.72. The van der Waals surface area contributed by atoms with Crippen molar-refractivity contribution in [3.05, 3.63) is 48.0 Å². The molecule has 24 heavy (non-hydrogen) atoms. The molecule has 0 aliphatic heterocycles. The van der Waals surface area contributed by atoms with Crippen LogP contribution < -0.4 is 10.6 Å². The van der Waals surface area contributed by atoms with Crippen LogP contribution in [0.15, 0.2) is 41.9 Å². The van der Waals surface area contributed by atoms with Crippen molar-refractivity contribution in [1.29, 1.82) is 0 Å². The SMILES string of the molecule is C=CCCCCCN(C)C(=NC)NCc1cccc(C(=O)NC)c1. The first-order valence-electron chi connectivity index (χ1n) is 8.46. The van der Waals surface area contributed by atoms with Crippen molar-refractivity contribution in [3.63, 3.8) is 0 Å². The van der Waals surface area contributed by atoms with Gasteiger partial charge in [0, 0.05) is 39.8 Å². The summed E-state index contributed by atoms with van der Waals surface area (Å²) in [6.45, 7) is 5.35. The average molecular weight is 330 g/mol. The number of amides is 1. The molecule has 1 rings (SSSR count). The van der Waals surface area contributed by atoms with Gasteiger partial charge in [-0.3, -0.25) is 9.79 Å². The van der Waals surface area contributed by atoms with E-state index in [2.05, 4.69) is 27.1 Å². The molecule has 0 bridgehead atoms. The van der Waals surface area contributed by atoms with Crippen molar-refractivity contribution in [3.8, 4) is 0 Å². The first-order chi connectivity index (χ1) is 11.6. The lowest BCUT2D eigenvalue weighted by Gasteiger charge is -2.22. The van der Waals surface area contributed by atoms with Gasteiger partial charge in [-0.2, -0.15) is 0 Å². The number of unbranched alkanes of at least 4 members (excludes halogenated alkanes) is 3. The van der Waals surface area contributed by atoms with Gasteiger partial charge < -0.3 is 15.5 Å². The van der Waals surface area contributed by atoms with Crippen molar-refractivity contribution >= 4 is 11.9 Å². The molecule has 0 atom stereocenters. The summed E-state index contributed by atoms with van der Waals surface area (Å²) in [5, 5.41) is 5.99. The number of aliphatic imine (C=N–C) groups is 1. The van der Waals surface area contributed by atoms with E-state index in [-0.39, 0.29) is 5.91 Å². The highest BCUT2D eigenvalue weighted by atomic mass is 16.1. The topological polar surface area (TPSA) is 56.7 Å². The number of hydrogen-bond acceptors (Lipinski definition) is 2. The lowest BCUT2D eigenvalue weighted by molar-refractivity contribution is 0.0963. The summed E-state index contributed by atoms with van der Waals surface area (Å²) < 4.78 is 0. The van der Waals surface area contributed by atoms with E-state index < -0.39 is 0 Å². The molecule has 0 aromatic heterocycles. The van der Waals surface area contributed by atoms with Gasteiger partial charge in [0.1, 0.15) is 0 Å². The second-order valence-corrected chi connectivity index (χ2v) is 5.74. The fourth-order valence-corrected chi connectivity index (χ4v) is 2.45. The Bertz CT molecular complexity index is 554. The van der Waals surface area contributed by atoms with Crippen LogP contribution in [0.4, 0.5) is 0 Å². The highest BCUT2D eigenvalue weighted by Crippen LogP contribution is 2.06. The number of carbonyl (C=O) groups is 1. The maximum absolute atomic E-state index is 11.7. The Labute approximate surface area is 145 Å². The number of nitrogens with zero attached hydrogens (tertiary/aromatic N) is 2. The third-order valence-electron chi connectivity index (χ3n) is 3.84. The van der Waals surface area contributed by atoms with Crippen LogP contribution >= 0.6 is 0 Å². The molecule has 5 heteroatoms. The van der Waals surface area contributed by atoms with Crippen LogP contribution in [-0.4, -0.2) is 44.5 Å². The molecule has 0 radical (unpaired) electrons. The molecule has 0 spiro atoms. The van der Waals surface area contributed by atoms with Crippen molar-refractivity contribution < 1.29 is 4.79 Å². The Morgan fingerprint density at radius 3 is 2.79 bits per heavy atom. The van der Waals surface area contributed by atoms with Crippen molar-refractivity contribution in [1.82, 2.24) is 15.5 Å². The quantitative estimate of drug-likeness (QED) is 0.317. The summed E-state index contributed by atoms with van der Waals surface area (Å²) in [6, 6.07) is 7.61. The standard InChI is InChI=1S/C19H30N4O/c1-5-6-7-8-9-13-23(4)19(21-3)22-15-16-11-10-12-17(14-16)18(24)20-2/h5,10-12,14H,1,6-9,13,15H2,2-4H3,(H,20,24)(H,21,22). The van der Waals surface area contributed by atoms with E-state index in [1.165, 1.54) is 12.8 Å². The number of benzene rings is 1. The number of hydrogen-bond donors (Lipinski definition) is 2. The van der Waals surface area contributed by atoms with Crippen molar-refractivity contribution in [2.75, 3.05) is 27.7 Å². The zero-order valence-corrected chi connectivity index (χ0v) is 15.1. The normalized spacial score (nSPS) is 11.0. The molecule has 0 aliphatic rings. The monoisotopic (exact) mass is 330 g/mol. The Kier molecular flexibility index (Phi) is 9.27. The van der Waals surface area contributed by atoms with Gasteiger partial charge in [-0.1, -0.05) is 24.6 Å². The molecule has 0 aliphatic carbocycles. The second-order valence-electron chi connectivity index (χ2n) is 5.74. The van der Waals surface area contributed by atoms with Crippen LogP contribution in [0.25, 0.3) is 0 Å². The van der Waals surface area contributed by atoms with Crippen LogP contribution in [0.1, 0.15) is 41.6 Å². The van der Waals surface area contributed by atoms with Gasteiger partial charge in [0.05, 0.1) is 0 Å². The molecule has 5 nitrogen and oxygen atoms in total. The predicted octanol–water partition coefficient (Wildman–Crippen LogP) is 2.80. The smallest absolute Gasteiger partial charge is 0.251 e. The van der Waals surface area contributed by atoms with E-state index in [1.807, 2.05) is 37.4 Å². The number of carbonyl (C=O) groups excluding carboxylic acids is 1. The summed E-state index contributed by atoms with van der Waals surface area (Å²) in [7, 11) is 5.47. The van der Waals surface area contributed by atoms with Gasteiger partial charge in [-0.05, 0) is 37.0 Å². The minimum absolute atomic E-state index is 0.0714. The number of allylic oxidation sites excluding steroid dienone is 1. The predicted molar refractivity (Wildman–Crippen MR) is 101 cm³/mol. The van der Waals surface area contributed by atoms with E-state index in [9.17, 15) is 4.79 Å². The van der Waals surface area contributed by atoms with Crippen LogP contribution in [0.2, 0.25) is 0 Å². The van der Waals surface area contributed by atoms with Gasteiger partial charge in [0.15, 0.2) is 5.96 Å². The Morgan fingerprint density at radius 1 is 1.33 bits per heavy atom. The molecule has 0 fully saturated rings. The summed E-state index contributed by atoms with van der Waals surface area (Å²) in [5.74, 6) is 0.793. The molecule has 132 valence electrons. The number of rotatable bonds is 9. The van der Waals surface area contributed by atoms with Crippen LogP contribution in [0.5, 0.6) is 0 Å². The molecular weight excluding hydrogens is 300 g/mol. The maximum Gasteiger partial charge on any atom is 0.251 e. The Morgan fingerprint density at radius 2 is 2.12 bits per heavy atom. The fraction of sp³-hybridized carbons (Fsp3) is 0.474. The van der Waals surface area contributed by atoms with Crippen LogP contribution in [-0.2, 0) is 6.54 Å². The van der Waals surface area contributed by atoms with Gasteiger partial charge in [-0.15, -0.1) is 6.58 Å². The molecule has 2 N–H and O–H groups in total. The van der Waals surface area contributed by atoms with E-state index in [0.29, 0.717) is 12.1 Å². The molecular formula is C19H30N4O. The second kappa shape index (κ2) is 11.3. The number of nitrogens with one attached hydrogen (secondary N) is 2. The molecule has 1 aromatic carbocycles.